The molecule has 62 heavy (non-hydrogen) atoms. The van der Waals surface area contributed by atoms with E-state index in [1.807, 2.05) is 0 Å². The maximum atomic E-state index is 11.9. The molecule has 0 aliphatic carbocycles. The largest absolute Gasteiger partial charge is 0.507 e. The van der Waals surface area contributed by atoms with Gasteiger partial charge in [0.2, 0.25) is 12.6 Å². The van der Waals surface area contributed by atoms with Crippen LogP contribution in [-0.4, -0.2) is 164 Å². The number of carboxylic acid groups (broad SMARTS) is 2. The van der Waals surface area contributed by atoms with Crippen LogP contribution in [0.3, 0.4) is 0 Å². The molecular formula is C38H51N3O20Y-2. The van der Waals surface area contributed by atoms with Crippen molar-refractivity contribution in [3.8, 4) is 11.5 Å². The van der Waals surface area contributed by atoms with Gasteiger partial charge in [-0.25, -0.2) is 19.2 Å². The van der Waals surface area contributed by atoms with Gasteiger partial charge in [-0.1, -0.05) is 0 Å². The number of nitro benzene ring substituents is 1. The van der Waals surface area contributed by atoms with Gasteiger partial charge in [-0.3, -0.25) is 21.6 Å². The number of allylic oxidation sites excluding steroid dienone is 1. The molecule has 0 bridgehead atoms. The number of ether oxygens (including phenoxy) is 6. The number of methoxy groups -OCH3 is 1. The number of hydrogen-bond acceptors (Lipinski definition) is 18. The van der Waals surface area contributed by atoms with Crippen molar-refractivity contribution in [2.75, 3.05) is 32.6 Å². The van der Waals surface area contributed by atoms with Gasteiger partial charge in [0, 0.05) is 58.4 Å². The number of aliphatic hydroxyl groups is 6. The average molecular weight is 959 g/mol. The van der Waals surface area contributed by atoms with E-state index in [1.165, 1.54) is 24.9 Å². The average Bonchev–Trinajstić information content (AvgIpc) is 3.20. The van der Waals surface area contributed by atoms with Gasteiger partial charge in [0.15, 0.2) is 12.2 Å². The normalized spacial score (nSPS) is 25.1. The number of benzene rings is 2. The summed E-state index contributed by atoms with van der Waals surface area (Å²) in [7, 11) is 3.89. The van der Waals surface area contributed by atoms with E-state index in [0.717, 1.165) is 29.2 Å². The summed E-state index contributed by atoms with van der Waals surface area (Å²) in [6.45, 7) is 13.8. The van der Waals surface area contributed by atoms with Crippen molar-refractivity contribution in [2.45, 2.75) is 95.7 Å². The van der Waals surface area contributed by atoms with Crippen molar-refractivity contribution in [1.82, 2.24) is 4.90 Å². The molecule has 2 heterocycles. The Morgan fingerprint density at radius 2 is 1.24 bits per heavy atom. The number of aliphatic hydroxyl groups excluding tert-OH is 6. The molecule has 0 spiro atoms. The molecular weight excluding hydrogens is 907 g/mol. The fraction of sp³-hybridized carbons (Fsp3) is 0.500. The van der Waals surface area contributed by atoms with Gasteiger partial charge in [0.25, 0.3) is 5.69 Å². The summed E-state index contributed by atoms with van der Waals surface area (Å²) >= 11 is 0. The number of amides is 2. The van der Waals surface area contributed by atoms with Gasteiger partial charge < -0.3 is 87.2 Å². The molecule has 2 aliphatic rings. The maximum Gasteiger partial charge on any atom is 0.413 e. The summed E-state index contributed by atoms with van der Waals surface area (Å²) in [5.74, 6) is -3.01. The summed E-state index contributed by atoms with van der Waals surface area (Å²) in [5.41, 5.74) is 1.70. The van der Waals surface area contributed by atoms with Gasteiger partial charge >= 0.3 is 24.1 Å². The summed E-state index contributed by atoms with van der Waals surface area (Å²) in [6, 6.07) is 5.54. The molecule has 0 aromatic heterocycles. The first-order valence-electron chi connectivity index (χ1n) is 18.0. The van der Waals surface area contributed by atoms with Crippen LogP contribution in [0.25, 0.3) is 0 Å². The SMILES string of the molecule is C=[C-]C.COC(=O)N(C)c1cc([N+](=O)[O-])c(C)cc1OC1OC(C(=O)O)C(O)C(O)C1O.[CH2-]CN(C)C(=O)OCc1cc(C)c(OC2OC(C(=O)O)C(O)C(O)C2O)cc1C.[Y]. The summed E-state index contributed by atoms with van der Waals surface area (Å²) in [6.07, 6.45) is -16.7. The van der Waals surface area contributed by atoms with E-state index < -0.39 is 90.5 Å². The molecule has 2 aromatic carbocycles. The van der Waals surface area contributed by atoms with E-state index in [9.17, 15) is 59.9 Å². The minimum atomic E-state index is -1.92. The van der Waals surface area contributed by atoms with Gasteiger partial charge in [0.1, 0.15) is 54.7 Å². The van der Waals surface area contributed by atoms with Crippen molar-refractivity contribution in [2.24, 2.45) is 0 Å². The standard InChI is InChI=1S/C19H26NO9.C16H20N2O11.C3H5.Y/c1-5-20(4)19(26)27-8-11-6-10(3)12(7-9(11)2)28-18-15(23)13(21)14(22)16(29-18)17(24)25;1-6-4-9(8(5-7(6)18(25)26)17(2)16(24)27-3)28-15-12(21)10(19)11(20)13(29-15)14(22)23;1-3-2;/h6-7,13-16,18,21-23H,1,5,8H2,2-4H3,(H,24,25);4-5,10-13,15,19-21H,1-3H3,(H,22,23);1H2,2H3;/q-1;;-1;. The van der Waals surface area contributed by atoms with E-state index in [1.54, 1.807) is 40.0 Å². The van der Waals surface area contributed by atoms with Gasteiger partial charge in [-0.15, -0.1) is 6.54 Å². The Kier molecular flexibility index (Phi) is 22.3. The van der Waals surface area contributed by atoms with Crippen LogP contribution in [0.4, 0.5) is 21.0 Å². The van der Waals surface area contributed by atoms with Gasteiger partial charge in [0.05, 0.1) is 17.7 Å². The van der Waals surface area contributed by atoms with Crippen LogP contribution in [0.2, 0.25) is 0 Å². The topological polar surface area (TPSA) is 335 Å². The zero-order chi connectivity index (χ0) is 46.6. The molecule has 2 aliphatic heterocycles. The number of nitro groups is 1. The predicted octanol–water partition coefficient (Wildman–Crippen LogP) is 0.347. The van der Waals surface area contributed by atoms with Crippen LogP contribution in [0.1, 0.15) is 29.2 Å². The number of carbonyl (C=O) groups is 4. The van der Waals surface area contributed by atoms with Crippen LogP contribution in [0, 0.1) is 43.9 Å². The number of hydrogen-bond donors (Lipinski definition) is 8. The fourth-order valence-electron chi connectivity index (χ4n) is 5.47. The quantitative estimate of drug-likeness (QED) is 0.0855. The Labute approximate surface area is 381 Å². The zero-order valence-corrected chi connectivity index (χ0v) is 37.6. The Morgan fingerprint density at radius 1 is 0.790 bits per heavy atom. The van der Waals surface area contributed by atoms with Crippen molar-refractivity contribution in [3.05, 3.63) is 76.2 Å². The molecule has 2 amide bonds. The molecule has 4 rings (SSSR count). The Bertz CT molecular complexity index is 1890. The zero-order valence-electron chi connectivity index (χ0n) is 34.8. The Balaban J connectivity index is 0.000000574. The summed E-state index contributed by atoms with van der Waals surface area (Å²) < 4.78 is 31.0. The van der Waals surface area contributed by atoms with E-state index in [0.29, 0.717) is 5.56 Å². The molecule has 2 fully saturated rings. The molecule has 2 aromatic rings. The number of carbonyl (C=O) groups excluding carboxylic acids is 2. The van der Waals surface area contributed by atoms with Gasteiger partial charge in [-0.05, 0) is 55.7 Å². The van der Waals surface area contributed by atoms with Crippen LogP contribution in [0.5, 0.6) is 11.5 Å². The Morgan fingerprint density at radius 3 is 1.66 bits per heavy atom. The molecule has 23 nitrogen and oxygen atoms in total. The van der Waals surface area contributed by atoms with Crippen molar-refractivity contribution in [3.63, 3.8) is 0 Å². The summed E-state index contributed by atoms with van der Waals surface area (Å²) in [4.78, 5) is 58.8. The van der Waals surface area contributed by atoms with Crippen molar-refractivity contribution >= 4 is 35.5 Å². The smallest absolute Gasteiger partial charge is 0.413 e. The summed E-state index contributed by atoms with van der Waals surface area (Å²) in [5, 5.41) is 88.9. The van der Waals surface area contributed by atoms with Crippen LogP contribution < -0.4 is 14.4 Å². The first-order valence-corrected chi connectivity index (χ1v) is 18.0. The van der Waals surface area contributed by atoms with E-state index >= 15 is 0 Å². The van der Waals surface area contributed by atoms with E-state index in [-0.39, 0.29) is 74.3 Å². The number of anilines is 1. The van der Waals surface area contributed by atoms with Crippen molar-refractivity contribution in [1.29, 1.82) is 0 Å². The van der Waals surface area contributed by atoms with E-state index in [4.69, 9.17) is 33.9 Å². The molecule has 8 N–H and O–H groups in total. The number of rotatable bonds is 11. The second kappa shape index (κ2) is 24.9. The number of nitrogens with zero attached hydrogens (tertiary/aromatic N) is 3. The number of aryl methyl sites for hydroxylation is 3. The molecule has 343 valence electrons. The third-order valence-electron chi connectivity index (χ3n) is 9.03. The van der Waals surface area contributed by atoms with Crippen LogP contribution in [-0.2, 0) is 67.9 Å². The first kappa shape index (κ1) is 55.5. The predicted molar refractivity (Wildman–Crippen MR) is 207 cm³/mol. The fourth-order valence-corrected chi connectivity index (χ4v) is 5.47. The minimum absolute atomic E-state index is 0. The third-order valence-corrected chi connectivity index (χ3v) is 9.03. The number of aliphatic carboxylic acids is 2. The second-order valence-corrected chi connectivity index (χ2v) is 13.5. The molecule has 1 radical (unpaired) electrons. The molecule has 10 unspecified atom stereocenters. The molecule has 0 saturated carbocycles. The first-order chi connectivity index (χ1) is 28.5. The van der Waals surface area contributed by atoms with E-state index in [2.05, 4.69) is 24.3 Å². The Hall–Kier alpha value is -4.56. The van der Waals surface area contributed by atoms with Gasteiger partial charge in [-0.2, -0.15) is 6.92 Å². The van der Waals surface area contributed by atoms with Crippen LogP contribution >= 0.6 is 0 Å². The maximum absolute atomic E-state index is 11.9. The monoisotopic (exact) mass is 958 g/mol. The second-order valence-electron chi connectivity index (χ2n) is 13.5. The molecule has 2 saturated heterocycles. The van der Waals surface area contributed by atoms with Crippen LogP contribution in [0.15, 0.2) is 30.8 Å². The third kappa shape index (κ3) is 14.0. The minimum Gasteiger partial charge on any atom is -0.507 e. The van der Waals surface area contributed by atoms with Crippen molar-refractivity contribution < 1.29 is 126 Å². The molecule has 10 atom stereocenters. The molecule has 24 heteroatoms. The number of carboxylic acids is 2.